The molecule has 7 nitrogen and oxygen atoms in total. The van der Waals surface area contributed by atoms with Gasteiger partial charge >= 0.3 is 5.97 Å². The average Bonchev–Trinajstić information content (AvgIpc) is 2.28. The maximum Gasteiger partial charge on any atom is 0.357 e. The molecular weight excluding hydrogens is 200 g/mol. The van der Waals surface area contributed by atoms with Crippen LogP contribution in [0.1, 0.15) is 20.8 Å². The van der Waals surface area contributed by atoms with E-state index in [0.717, 1.165) is 0 Å². The second-order valence-corrected chi connectivity index (χ2v) is 2.39. The summed E-state index contributed by atoms with van der Waals surface area (Å²) in [7, 11) is 1.17. The molecule has 1 amide bonds. The Morgan fingerprint density at radius 1 is 1.60 bits per heavy atom. The standard InChI is InChI=1S/C8H6N4O3/c1-15-8(14)6-5(3-2-4-10-6)7(13)11-12-9/h2-4H,1H3. The predicted molar refractivity (Wildman–Crippen MR) is 49.1 cm³/mol. The number of hydrogen-bond acceptors (Lipinski definition) is 4. The number of pyridine rings is 1. The highest BCUT2D eigenvalue weighted by atomic mass is 16.5. The molecule has 15 heavy (non-hydrogen) atoms. The zero-order chi connectivity index (χ0) is 11.3. The number of azide groups is 1. The van der Waals surface area contributed by atoms with Gasteiger partial charge in [0.2, 0.25) is 0 Å². The number of rotatable bonds is 2. The summed E-state index contributed by atoms with van der Waals surface area (Å²) >= 11 is 0. The molecular formula is C8H6N4O3. The van der Waals surface area contributed by atoms with Crippen LogP contribution in [0, 0.1) is 0 Å². The number of nitrogens with zero attached hydrogens (tertiary/aromatic N) is 4. The van der Waals surface area contributed by atoms with Crippen LogP contribution in [0.15, 0.2) is 23.4 Å². The number of aromatic nitrogens is 1. The summed E-state index contributed by atoms with van der Waals surface area (Å²) in [5.74, 6) is -1.63. The van der Waals surface area contributed by atoms with Gasteiger partial charge in [0, 0.05) is 11.1 Å². The first kappa shape index (κ1) is 10.7. The third kappa shape index (κ3) is 2.29. The summed E-state index contributed by atoms with van der Waals surface area (Å²) < 4.78 is 4.42. The second kappa shape index (κ2) is 4.73. The highest BCUT2D eigenvalue weighted by molar-refractivity contribution is 6.04. The molecule has 0 aromatic carbocycles. The highest BCUT2D eigenvalue weighted by Gasteiger charge is 2.17. The maximum atomic E-state index is 11.2. The quantitative estimate of drug-likeness (QED) is 0.315. The number of amides is 1. The summed E-state index contributed by atoms with van der Waals surface area (Å²) in [6, 6.07) is 2.78. The molecule has 0 unspecified atom stereocenters. The van der Waals surface area contributed by atoms with E-state index in [9.17, 15) is 9.59 Å². The third-order valence-electron chi connectivity index (χ3n) is 1.55. The normalized spacial score (nSPS) is 8.87. The van der Waals surface area contributed by atoms with Gasteiger partial charge in [0.15, 0.2) is 5.69 Å². The molecule has 1 aromatic rings. The fraction of sp³-hybridized carbons (Fsp3) is 0.125. The Balaban J connectivity index is 3.23. The summed E-state index contributed by atoms with van der Waals surface area (Å²) in [5.41, 5.74) is 7.84. The number of esters is 1. The summed E-state index contributed by atoms with van der Waals surface area (Å²) in [5, 5.41) is 2.87. The molecule has 0 atom stereocenters. The van der Waals surface area contributed by atoms with E-state index in [1.54, 1.807) is 0 Å². The molecule has 0 fully saturated rings. The van der Waals surface area contributed by atoms with Gasteiger partial charge in [-0.05, 0) is 22.8 Å². The smallest absolute Gasteiger partial charge is 0.357 e. The fourth-order valence-electron chi connectivity index (χ4n) is 0.932. The first-order chi connectivity index (χ1) is 7.20. The molecule has 7 heteroatoms. The van der Waals surface area contributed by atoms with Crippen molar-refractivity contribution >= 4 is 11.9 Å². The molecule has 0 aliphatic carbocycles. The Labute approximate surface area is 84.3 Å². The Hall–Kier alpha value is -2.40. The van der Waals surface area contributed by atoms with Crippen molar-refractivity contribution in [2.45, 2.75) is 0 Å². The maximum absolute atomic E-state index is 11.2. The van der Waals surface area contributed by atoms with Gasteiger partial charge in [-0.15, -0.1) is 0 Å². The minimum atomic E-state index is -0.869. The molecule has 0 aliphatic heterocycles. The van der Waals surface area contributed by atoms with E-state index >= 15 is 0 Å². The fourth-order valence-corrected chi connectivity index (χ4v) is 0.932. The molecule has 0 aliphatic rings. The molecule has 0 saturated carbocycles. The van der Waals surface area contributed by atoms with Gasteiger partial charge in [0.05, 0.1) is 12.7 Å². The van der Waals surface area contributed by atoms with Crippen molar-refractivity contribution in [3.63, 3.8) is 0 Å². The Bertz CT molecular complexity index is 451. The van der Waals surface area contributed by atoms with Gasteiger partial charge in [0.1, 0.15) is 0 Å². The first-order valence-electron chi connectivity index (χ1n) is 3.83. The lowest BCUT2D eigenvalue weighted by Crippen LogP contribution is -2.11. The van der Waals surface area contributed by atoms with Crippen molar-refractivity contribution in [3.05, 3.63) is 40.0 Å². The van der Waals surface area contributed by atoms with Crippen LogP contribution in [-0.4, -0.2) is 24.0 Å². The minimum Gasteiger partial charge on any atom is -0.464 e. The number of hydrogen-bond donors (Lipinski definition) is 0. The average molecular weight is 206 g/mol. The molecule has 1 aromatic heterocycles. The Kier molecular flexibility index (Phi) is 3.37. The van der Waals surface area contributed by atoms with E-state index in [0.29, 0.717) is 0 Å². The van der Waals surface area contributed by atoms with Gasteiger partial charge in [-0.25, -0.2) is 9.78 Å². The van der Waals surface area contributed by atoms with E-state index < -0.39 is 11.9 Å². The minimum absolute atomic E-state index is 0.0813. The van der Waals surface area contributed by atoms with Gasteiger partial charge in [-0.1, -0.05) is 0 Å². The van der Waals surface area contributed by atoms with Gasteiger partial charge in [-0.2, -0.15) is 0 Å². The zero-order valence-electron chi connectivity index (χ0n) is 7.75. The van der Waals surface area contributed by atoms with E-state index in [1.165, 1.54) is 25.4 Å². The number of carbonyl (C=O) groups excluding carboxylic acids is 2. The van der Waals surface area contributed by atoms with Crippen LogP contribution in [0.4, 0.5) is 0 Å². The molecule has 0 radical (unpaired) electrons. The van der Waals surface area contributed by atoms with Crippen LogP contribution >= 0.6 is 0 Å². The van der Waals surface area contributed by atoms with Crippen molar-refractivity contribution in [3.8, 4) is 0 Å². The predicted octanol–water partition coefficient (Wildman–Crippen LogP) is 1.32. The van der Waals surface area contributed by atoms with Gasteiger partial charge < -0.3 is 4.74 Å². The second-order valence-electron chi connectivity index (χ2n) is 2.39. The molecule has 76 valence electrons. The topological polar surface area (TPSA) is 105 Å². The molecule has 1 rings (SSSR count). The lowest BCUT2D eigenvalue weighted by atomic mass is 10.2. The van der Waals surface area contributed by atoms with Crippen molar-refractivity contribution in [1.29, 1.82) is 0 Å². The van der Waals surface area contributed by atoms with Crippen LogP contribution in [0.3, 0.4) is 0 Å². The van der Waals surface area contributed by atoms with E-state index in [2.05, 4.69) is 19.7 Å². The van der Waals surface area contributed by atoms with Crippen molar-refractivity contribution < 1.29 is 14.3 Å². The zero-order valence-corrected chi connectivity index (χ0v) is 7.75. The third-order valence-corrected chi connectivity index (χ3v) is 1.55. The lowest BCUT2D eigenvalue weighted by molar-refractivity contribution is 0.0590. The Morgan fingerprint density at radius 3 is 2.93 bits per heavy atom. The first-order valence-corrected chi connectivity index (χ1v) is 3.83. The number of ether oxygens (including phenoxy) is 1. The number of carbonyl (C=O) groups is 2. The highest BCUT2D eigenvalue weighted by Crippen LogP contribution is 2.08. The molecule has 0 bridgehead atoms. The molecule has 0 N–H and O–H groups in total. The van der Waals surface area contributed by atoms with Crippen LogP contribution in [-0.2, 0) is 4.74 Å². The van der Waals surface area contributed by atoms with Crippen LogP contribution < -0.4 is 0 Å². The monoisotopic (exact) mass is 206 g/mol. The lowest BCUT2D eigenvalue weighted by Gasteiger charge is -2.01. The molecule has 0 saturated heterocycles. The summed E-state index contributed by atoms with van der Waals surface area (Å²) in [4.78, 5) is 28.4. The van der Waals surface area contributed by atoms with E-state index in [1.807, 2.05) is 0 Å². The van der Waals surface area contributed by atoms with E-state index in [-0.39, 0.29) is 11.3 Å². The molecule has 0 spiro atoms. The van der Waals surface area contributed by atoms with Crippen molar-refractivity contribution in [1.82, 2.24) is 4.98 Å². The summed E-state index contributed by atoms with van der Waals surface area (Å²) in [6.07, 6.45) is 1.33. The van der Waals surface area contributed by atoms with E-state index in [4.69, 9.17) is 5.53 Å². The van der Waals surface area contributed by atoms with Crippen LogP contribution in [0.25, 0.3) is 10.4 Å². The number of methoxy groups -OCH3 is 1. The van der Waals surface area contributed by atoms with Crippen molar-refractivity contribution in [2.24, 2.45) is 5.11 Å². The van der Waals surface area contributed by atoms with Crippen molar-refractivity contribution in [2.75, 3.05) is 7.11 Å². The molecule has 1 heterocycles. The van der Waals surface area contributed by atoms with Crippen LogP contribution in [0.2, 0.25) is 0 Å². The largest absolute Gasteiger partial charge is 0.464 e. The van der Waals surface area contributed by atoms with Crippen LogP contribution in [0.5, 0.6) is 0 Å². The Morgan fingerprint density at radius 2 is 2.33 bits per heavy atom. The SMILES string of the molecule is COC(=O)c1ncccc1C(=O)N=[N+]=[N-]. The van der Waals surface area contributed by atoms with Gasteiger partial charge in [-0.3, -0.25) is 4.79 Å². The van der Waals surface area contributed by atoms with Gasteiger partial charge in [0.25, 0.3) is 5.91 Å². The summed E-state index contributed by atoms with van der Waals surface area (Å²) in [6.45, 7) is 0.